The van der Waals surface area contributed by atoms with Gasteiger partial charge in [-0.1, -0.05) is 0 Å². The van der Waals surface area contributed by atoms with E-state index in [4.69, 9.17) is 20.6 Å². The molecule has 2 saturated heterocycles. The lowest BCUT2D eigenvalue weighted by molar-refractivity contribution is -0.341. The second-order valence-corrected chi connectivity index (χ2v) is 7.12. The molecule has 11 heteroatoms. The van der Waals surface area contributed by atoms with Crippen molar-refractivity contribution < 1.29 is 54.8 Å². The summed E-state index contributed by atoms with van der Waals surface area (Å²) in [5.41, 5.74) is 0. The van der Waals surface area contributed by atoms with Crippen molar-refractivity contribution in [2.24, 2.45) is 0 Å². The molecule has 0 amide bonds. The van der Waals surface area contributed by atoms with Crippen molar-refractivity contribution in [2.45, 2.75) is 80.5 Å². The van der Waals surface area contributed by atoms with Crippen molar-refractivity contribution in [1.29, 1.82) is 0 Å². The van der Waals surface area contributed by atoms with Crippen LogP contribution in [-0.2, 0) is 19.0 Å². The lowest BCUT2D eigenvalue weighted by atomic mass is 9.91. The molecule has 2 fully saturated rings. The monoisotopic (exact) mass is 420 g/mol. The summed E-state index contributed by atoms with van der Waals surface area (Å²) in [6.45, 7) is -1.33. The Morgan fingerprint density at radius 1 is 0.862 bits per heavy atom. The van der Waals surface area contributed by atoms with Crippen LogP contribution in [0.1, 0.15) is 19.3 Å². The largest absolute Gasteiger partial charge is 0.394 e. The molecule has 2 aliphatic rings. The first-order chi connectivity index (χ1) is 13.7. The number of carbonyl (C=O) groups is 1. The average molecular weight is 420 g/mol. The molecule has 0 saturated carbocycles. The van der Waals surface area contributed by atoms with Crippen LogP contribution in [0.4, 0.5) is 0 Å². The fraction of sp³-hybridized carbons (Fsp3) is 0.833. The molecule has 2 aliphatic heterocycles. The minimum Gasteiger partial charge on any atom is -0.394 e. The standard InChI is InChI=1S/C18H28O11/c1-2-3-4-8(21)5-9-12(22)15(25)17(11(7-20)27-9)29-18-16(26)14(24)13(23)10(6-19)28-18/h1,9-20,22-26H,3-7H2/t9-,10?,11?,12?,13-,14-,15+,16?,17+,18-/m0/s1. The first kappa shape index (κ1) is 24.1. The number of rotatable bonds is 8. The van der Waals surface area contributed by atoms with Crippen LogP contribution in [0.15, 0.2) is 0 Å². The SMILES string of the molecule is C#CCCC(=O)C[C@@H]1OC(CO)[C@@H](O[C@@H]2OC(CO)[C@H](O)[C@H](O)C2O)[C@H](O)C1O. The number of ether oxygens (including phenoxy) is 3. The Labute approximate surface area is 167 Å². The Balaban J connectivity index is 2.07. The average Bonchev–Trinajstić information content (AvgIpc) is 2.71. The third-order valence-electron chi connectivity index (χ3n) is 5.08. The summed E-state index contributed by atoms with van der Waals surface area (Å²) >= 11 is 0. The topological polar surface area (TPSA) is 186 Å². The molecule has 0 spiro atoms. The lowest BCUT2D eigenvalue weighted by Gasteiger charge is -2.46. The zero-order valence-corrected chi connectivity index (χ0v) is 15.6. The van der Waals surface area contributed by atoms with Gasteiger partial charge in [0.1, 0.15) is 54.6 Å². The molecule has 7 N–H and O–H groups in total. The van der Waals surface area contributed by atoms with Crippen molar-refractivity contribution >= 4 is 5.78 Å². The minimum absolute atomic E-state index is 0.0771. The van der Waals surface area contributed by atoms with Crippen molar-refractivity contribution in [3.8, 4) is 12.3 Å². The van der Waals surface area contributed by atoms with Crippen LogP contribution in [0, 0.1) is 12.3 Å². The van der Waals surface area contributed by atoms with Crippen molar-refractivity contribution in [3.05, 3.63) is 0 Å². The summed E-state index contributed by atoms with van der Waals surface area (Å²) in [5.74, 6) is 2.03. The van der Waals surface area contributed by atoms with E-state index in [-0.39, 0.29) is 25.0 Å². The summed E-state index contributed by atoms with van der Waals surface area (Å²) in [6, 6.07) is 0. The summed E-state index contributed by atoms with van der Waals surface area (Å²) in [4.78, 5) is 11.9. The van der Waals surface area contributed by atoms with Crippen LogP contribution < -0.4 is 0 Å². The van der Waals surface area contributed by atoms with E-state index in [1.807, 2.05) is 0 Å². The van der Waals surface area contributed by atoms with Gasteiger partial charge in [-0.05, 0) is 0 Å². The third-order valence-corrected chi connectivity index (χ3v) is 5.08. The maximum Gasteiger partial charge on any atom is 0.187 e. The van der Waals surface area contributed by atoms with Crippen molar-refractivity contribution in [3.63, 3.8) is 0 Å². The summed E-state index contributed by atoms with van der Waals surface area (Å²) in [5, 5.41) is 69.3. The van der Waals surface area contributed by atoms with Gasteiger partial charge in [0, 0.05) is 19.3 Å². The maximum atomic E-state index is 11.9. The highest BCUT2D eigenvalue weighted by atomic mass is 16.7. The Morgan fingerprint density at radius 2 is 1.48 bits per heavy atom. The van der Waals surface area contributed by atoms with E-state index in [0.717, 1.165) is 0 Å². The molecule has 0 aromatic rings. The number of ketones is 1. The van der Waals surface area contributed by atoms with Gasteiger partial charge in [0.15, 0.2) is 6.29 Å². The maximum absolute atomic E-state index is 11.9. The van der Waals surface area contributed by atoms with Gasteiger partial charge in [-0.25, -0.2) is 0 Å². The molecule has 10 atom stereocenters. The van der Waals surface area contributed by atoms with Gasteiger partial charge in [0.2, 0.25) is 0 Å². The van der Waals surface area contributed by atoms with Gasteiger partial charge in [-0.3, -0.25) is 4.79 Å². The van der Waals surface area contributed by atoms with Crippen LogP contribution in [0.2, 0.25) is 0 Å². The second-order valence-electron chi connectivity index (χ2n) is 7.12. The predicted octanol–water partition coefficient (Wildman–Crippen LogP) is -3.97. The molecule has 29 heavy (non-hydrogen) atoms. The highest BCUT2D eigenvalue weighted by molar-refractivity contribution is 5.79. The van der Waals surface area contributed by atoms with E-state index in [1.165, 1.54) is 0 Å². The molecule has 2 heterocycles. The number of terminal acetylenes is 1. The molecule has 0 radical (unpaired) electrons. The van der Waals surface area contributed by atoms with Crippen molar-refractivity contribution in [1.82, 2.24) is 0 Å². The molecule has 4 unspecified atom stereocenters. The molecule has 2 rings (SSSR count). The van der Waals surface area contributed by atoms with Crippen LogP contribution in [0.25, 0.3) is 0 Å². The van der Waals surface area contributed by atoms with Crippen LogP contribution in [0.3, 0.4) is 0 Å². The first-order valence-electron chi connectivity index (χ1n) is 9.28. The first-order valence-corrected chi connectivity index (χ1v) is 9.28. The van der Waals surface area contributed by atoms with E-state index < -0.39 is 74.4 Å². The van der Waals surface area contributed by atoms with Gasteiger partial charge in [-0.15, -0.1) is 12.3 Å². The van der Waals surface area contributed by atoms with E-state index in [2.05, 4.69) is 5.92 Å². The summed E-state index contributed by atoms with van der Waals surface area (Å²) in [6.07, 6.45) is -9.57. The van der Waals surface area contributed by atoms with Gasteiger partial charge in [0.05, 0.1) is 19.3 Å². The third kappa shape index (κ3) is 5.50. The van der Waals surface area contributed by atoms with Gasteiger partial charge >= 0.3 is 0 Å². The molecule has 166 valence electrons. The van der Waals surface area contributed by atoms with Gasteiger partial charge in [-0.2, -0.15) is 0 Å². The zero-order chi connectivity index (χ0) is 21.7. The number of aliphatic hydroxyl groups excluding tert-OH is 7. The fourth-order valence-corrected chi connectivity index (χ4v) is 3.37. The van der Waals surface area contributed by atoms with Crippen LogP contribution in [-0.4, -0.2) is 116 Å². The molecular weight excluding hydrogens is 392 g/mol. The summed E-state index contributed by atoms with van der Waals surface area (Å²) in [7, 11) is 0. The number of aliphatic hydroxyl groups is 7. The smallest absolute Gasteiger partial charge is 0.187 e. The number of Topliss-reactive ketones (excluding diaryl/α,β-unsaturated/α-hetero) is 1. The zero-order valence-electron chi connectivity index (χ0n) is 15.6. The van der Waals surface area contributed by atoms with E-state index in [1.54, 1.807) is 0 Å². The Hall–Kier alpha value is -1.17. The molecule has 0 bridgehead atoms. The van der Waals surface area contributed by atoms with Crippen molar-refractivity contribution in [2.75, 3.05) is 13.2 Å². The van der Waals surface area contributed by atoms with E-state index in [9.17, 15) is 40.5 Å². The highest BCUT2D eigenvalue weighted by Crippen LogP contribution is 2.30. The quantitative estimate of drug-likeness (QED) is 0.190. The van der Waals surface area contributed by atoms with Gasteiger partial charge < -0.3 is 50.0 Å². The highest BCUT2D eigenvalue weighted by Gasteiger charge is 2.50. The molecule has 0 aromatic carbocycles. The molecule has 11 nitrogen and oxygen atoms in total. The number of hydrogen-bond acceptors (Lipinski definition) is 11. The molecular formula is C18H28O11. The Morgan fingerprint density at radius 3 is 2.07 bits per heavy atom. The lowest BCUT2D eigenvalue weighted by Crippen LogP contribution is -2.64. The second kappa shape index (κ2) is 10.7. The molecule has 0 aromatic heterocycles. The number of hydrogen-bond donors (Lipinski definition) is 7. The minimum atomic E-state index is -1.74. The Bertz CT molecular complexity index is 575. The molecule has 0 aliphatic carbocycles. The van der Waals surface area contributed by atoms with Gasteiger partial charge in [0.25, 0.3) is 0 Å². The number of carbonyl (C=O) groups excluding carboxylic acids is 1. The predicted molar refractivity (Wildman–Crippen MR) is 94.1 cm³/mol. The van der Waals surface area contributed by atoms with Crippen LogP contribution in [0.5, 0.6) is 0 Å². The summed E-state index contributed by atoms with van der Waals surface area (Å²) < 4.78 is 16.2. The van der Waals surface area contributed by atoms with E-state index >= 15 is 0 Å². The normalized spacial score (nSPS) is 43.0. The fourth-order valence-electron chi connectivity index (χ4n) is 3.37. The van der Waals surface area contributed by atoms with E-state index in [0.29, 0.717) is 0 Å². The Kier molecular flexibility index (Phi) is 8.92. The van der Waals surface area contributed by atoms with Crippen LogP contribution >= 0.6 is 0 Å².